The molecule has 0 radical (unpaired) electrons. The molecule has 0 bridgehead atoms. The Kier molecular flexibility index (Phi) is 6.05. The first-order valence-electron chi connectivity index (χ1n) is 9.60. The average molecular weight is 454 g/mol. The molecule has 0 fully saturated rings. The van der Waals surface area contributed by atoms with Crippen molar-refractivity contribution in [2.45, 2.75) is 22.9 Å². The van der Waals surface area contributed by atoms with Crippen LogP contribution in [0.15, 0.2) is 94.7 Å². The van der Waals surface area contributed by atoms with E-state index in [2.05, 4.69) is 5.10 Å². The molecule has 0 saturated carbocycles. The van der Waals surface area contributed by atoms with Gasteiger partial charge in [0.15, 0.2) is 0 Å². The first-order valence-corrected chi connectivity index (χ1v) is 10.4. The lowest BCUT2D eigenvalue weighted by atomic mass is 10.1. The van der Waals surface area contributed by atoms with Gasteiger partial charge in [-0.15, -0.1) is 0 Å². The highest BCUT2D eigenvalue weighted by Crippen LogP contribution is 2.39. The fourth-order valence-corrected chi connectivity index (χ4v) is 3.95. The summed E-state index contributed by atoms with van der Waals surface area (Å²) in [5.41, 5.74) is 0.157. The van der Waals surface area contributed by atoms with Crippen LogP contribution in [-0.2, 0) is 6.18 Å². The van der Waals surface area contributed by atoms with Gasteiger partial charge >= 0.3 is 12.1 Å². The van der Waals surface area contributed by atoms with E-state index in [1.54, 1.807) is 19.1 Å². The number of aryl methyl sites for hydroxylation is 1. The number of aromatic nitrogens is 2. The van der Waals surface area contributed by atoms with Crippen LogP contribution in [0, 0.1) is 6.92 Å². The second-order valence-corrected chi connectivity index (χ2v) is 7.93. The van der Waals surface area contributed by atoms with E-state index < -0.39 is 17.7 Å². The van der Waals surface area contributed by atoms with Crippen molar-refractivity contribution in [3.63, 3.8) is 0 Å². The minimum absolute atomic E-state index is 0.143. The van der Waals surface area contributed by atoms with Crippen molar-refractivity contribution in [2.75, 3.05) is 0 Å². The molecule has 1 aromatic heterocycles. The predicted octanol–water partition coefficient (Wildman–Crippen LogP) is 6.57. The van der Waals surface area contributed by atoms with Gasteiger partial charge in [0.05, 0.1) is 27.4 Å². The summed E-state index contributed by atoms with van der Waals surface area (Å²) < 4.78 is 46.4. The summed E-state index contributed by atoms with van der Waals surface area (Å²) in [6, 6.07) is 22.7. The summed E-state index contributed by atoms with van der Waals surface area (Å²) >= 11 is 1.36. The third kappa shape index (κ3) is 4.70. The van der Waals surface area contributed by atoms with Crippen molar-refractivity contribution in [1.82, 2.24) is 9.78 Å². The van der Waals surface area contributed by atoms with Crippen molar-refractivity contribution < 1.29 is 22.7 Å². The number of hydrogen-bond acceptors (Lipinski definition) is 4. The molecule has 4 rings (SSSR count). The molecule has 4 nitrogen and oxygen atoms in total. The number of alkyl halides is 3. The molecule has 0 aliphatic heterocycles. The highest BCUT2D eigenvalue weighted by molar-refractivity contribution is 7.99. The topological polar surface area (TPSA) is 44.1 Å². The molecule has 0 atom stereocenters. The summed E-state index contributed by atoms with van der Waals surface area (Å²) in [7, 11) is 0. The molecule has 32 heavy (non-hydrogen) atoms. The van der Waals surface area contributed by atoms with E-state index in [9.17, 15) is 18.0 Å². The van der Waals surface area contributed by atoms with Crippen LogP contribution in [0.4, 0.5) is 13.2 Å². The third-order valence-corrected chi connectivity index (χ3v) is 5.73. The molecular formula is C24H17F3N2O2S. The SMILES string of the molecule is Cc1nn(-c2ccccc2)c(OC(=O)c2cccc(C(F)(F)F)c2)c1Sc1ccccc1. The first-order chi connectivity index (χ1) is 15.3. The van der Waals surface area contributed by atoms with E-state index in [-0.39, 0.29) is 11.4 Å². The van der Waals surface area contributed by atoms with Gasteiger partial charge in [-0.2, -0.15) is 23.0 Å². The lowest BCUT2D eigenvalue weighted by Gasteiger charge is -2.11. The summed E-state index contributed by atoms with van der Waals surface area (Å²) in [5, 5.41) is 4.52. The molecule has 8 heteroatoms. The maximum Gasteiger partial charge on any atom is 0.416 e. The smallest absolute Gasteiger partial charge is 0.402 e. The second kappa shape index (κ2) is 8.92. The molecule has 1 heterocycles. The van der Waals surface area contributed by atoms with E-state index in [1.807, 2.05) is 48.5 Å². The zero-order chi connectivity index (χ0) is 22.7. The second-order valence-electron chi connectivity index (χ2n) is 6.85. The Labute approximate surface area is 186 Å². The largest absolute Gasteiger partial charge is 0.416 e. The molecule has 4 aromatic rings. The van der Waals surface area contributed by atoms with E-state index in [1.165, 1.54) is 28.6 Å². The Hall–Kier alpha value is -3.52. The molecule has 0 unspecified atom stereocenters. The van der Waals surface area contributed by atoms with Crippen LogP contribution in [0.5, 0.6) is 5.88 Å². The van der Waals surface area contributed by atoms with Gasteiger partial charge < -0.3 is 4.74 Å². The van der Waals surface area contributed by atoms with E-state index in [0.717, 1.165) is 17.0 Å². The third-order valence-electron chi connectivity index (χ3n) is 4.54. The fraction of sp³-hybridized carbons (Fsp3) is 0.0833. The van der Waals surface area contributed by atoms with Crippen LogP contribution in [0.3, 0.4) is 0 Å². The number of rotatable bonds is 5. The van der Waals surface area contributed by atoms with Crippen LogP contribution < -0.4 is 4.74 Å². The maximum atomic E-state index is 13.1. The number of nitrogens with zero attached hydrogens (tertiary/aromatic N) is 2. The number of benzene rings is 3. The van der Waals surface area contributed by atoms with E-state index >= 15 is 0 Å². The van der Waals surface area contributed by atoms with Crippen molar-refractivity contribution in [1.29, 1.82) is 0 Å². The monoisotopic (exact) mass is 454 g/mol. The molecule has 0 aliphatic carbocycles. The summed E-state index contributed by atoms with van der Waals surface area (Å²) in [6.07, 6.45) is -4.56. The Morgan fingerprint density at radius 1 is 0.938 bits per heavy atom. The van der Waals surface area contributed by atoms with Gasteiger partial charge in [-0.05, 0) is 49.4 Å². The number of esters is 1. The number of ether oxygens (including phenoxy) is 1. The quantitative estimate of drug-likeness (QED) is 0.320. The van der Waals surface area contributed by atoms with Gasteiger partial charge in [0, 0.05) is 4.90 Å². The lowest BCUT2D eigenvalue weighted by Crippen LogP contribution is -2.14. The van der Waals surface area contributed by atoms with Crippen LogP contribution in [0.2, 0.25) is 0 Å². The minimum atomic E-state index is -4.56. The van der Waals surface area contributed by atoms with Gasteiger partial charge in [-0.3, -0.25) is 0 Å². The Morgan fingerprint density at radius 3 is 2.25 bits per heavy atom. The molecule has 0 N–H and O–H groups in total. The minimum Gasteiger partial charge on any atom is -0.402 e. The fourth-order valence-electron chi connectivity index (χ4n) is 3.02. The van der Waals surface area contributed by atoms with Gasteiger partial charge in [0.25, 0.3) is 0 Å². The molecule has 0 aliphatic rings. The normalized spacial score (nSPS) is 11.4. The number of carbonyl (C=O) groups is 1. The molecule has 0 amide bonds. The standard InChI is InChI=1S/C24H17F3N2O2S/c1-16-21(32-20-13-6-3-7-14-20)22(29(28-16)19-11-4-2-5-12-19)31-23(30)17-9-8-10-18(15-17)24(25,26)27/h2-15H,1H3. The Balaban J connectivity index is 1.75. The number of carbonyl (C=O) groups excluding carboxylic acids is 1. The number of halogens is 3. The van der Waals surface area contributed by atoms with Gasteiger partial charge in [0.2, 0.25) is 5.88 Å². The summed E-state index contributed by atoms with van der Waals surface area (Å²) in [5.74, 6) is -0.756. The molecule has 162 valence electrons. The molecule has 0 saturated heterocycles. The van der Waals surface area contributed by atoms with Gasteiger partial charge in [-0.25, -0.2) is 4.79 Å². The van der Waals surface area contributed by atoms with Crippen LogP contribution in [0.25, 0.3) is 5.69 Å². The predicted molar refractivity (Wildman–Crippen MR) is 115 cm³/mol. The lowest BCUT2D eigenvalue weighted by molar-refractivity contribution is -0.137. The summed E-state index contributed by atoms with van der Waals surface area (Å²) in [6.45, 7) is 1.78. The summed E-state index contributed by atoms with van der Waals surface area (Å²) in [4.78, 5) is 14.4. The Bertz CT molecular complexity index is 1240. The van der Waals surface area contributed by atoms with Crippen molar-refractivity contribution in [3.8, 4) is 11.6 Å². The highest BCUT2D eigenvalue weighted by Gasteiger charge is 2.31. The van der Waals surface area contributed by atoms with Crippen LogP contribution in [-0.4, -0.2) is 15.7 Å². The number of hydrogen-bond donors (Lipinski definition) is 0. The number of para-hydroxylation sites is 1. The molecule has 3 aromatic carbocycles. The van der Waals surface area contributed by atoms with Gasteiger partial charge in [-0.1, -0.05) is 54.2 Å². The molecule has 0 spiro atoms. The highest BCUT2D eigenvalue weighted by atomic mass is 32.2. The van der Waals surface area contributed by atoms with Crippen molar-refractivity contribution >= 4 is 17.7 Å². The zero-order valence-electron chi connectivity index (χ0n) is 16.8. The molecular weight excluding hydrogens is 437 g/mol. The average Bonchev–Trinajstić information content (AvgIpc) is 3.09. The van der Waals surface area contributed by atoms with Gasteiger partial charge in [0.1, 0.15) is 0 Å². The van der Waals surface area contributed by atoms with E-state index in [0.29, 0.717) is 16.3 Å². The Morgan fingerprint density at radius 2 is 1.59 bits per heavy atom. The van der Waals surface area contributed by atoms with E-state index in [4.69, 9.17) is 4.74 Å². The van der Waals surface area contributed by atoms with Crippen LogP contribution >= 0.6 is 11.8 Å². The first kappa shape index (κ1) is 21.7. The van der Waals surface area contributed by atoms with Crippen LogP contribution in [0.1, 0.15) is 21.6 Å². The maximum absolute atomic E-state index is 13.1. The van der Waals surface area contributed by atoms with Crippen molar-refractivity contribution in [3.05, 3.63) is 102 Å². The zero-order valence-corrected chi connectivity index (χ0v) is 17.7. The van der Waals surface area contributed by atoms with Crippen molar-refractivity contribution in [2.24, 2.45) is 0 Å².